The summed E-state index contributed by atoms with van der Waals surface area (Å²) in [5.41, 5.74) is 8.25. The van der Waals surface area contributed by atoms with Gasteiger partial charge in [0.25, 0.3) is 0 Å². The van der Waals surface area contributed by atoms with Gasteiger partial charge in [-0.1, -0.05) is 42.5 Å². The Bertz CT molecular complexity index is 691. The minimum absolute atomic E-state index is 0.155. The zero-order valence-corrected chi connectivity index (χ0v) is 11.9. The number of carboxylic acids is 1. The van der Waals surface area contributed by atoms with Crippen LogP contribution in [0, 0.1) is 0 Å². The van der Waals surface area contributed by atoms with Gasteiger partial charge in [-0.3, -0.25) is 4.98 Å². The fraction of sp³-hybridized carbons (Fsp3) is 0. The van der Waals surface area contributed by atoms with Crippen LogP contribution < -0.4 is 5.73 Å². The molecule has 0 atom stereocenters. The molecule has 0 amide bonds. The van der Waals surface area contributed by atoms with Crippen molar-refractivity contribution in [1.82, 2.24) is 4.98 Å². The second kappa shape index (κ2) is 7.59. The Labute approximate surface area is 128 Å². The lowest BCUT2D eigenvalue weighted by Crippen LogP contribution is -2.00. The average Bonchev–Trinajstić information content (AvgIpc) is 2.57. The molecular weight excluding hydrogens is 276 g/mol. The van der Waals surface area contributed by atoms with E-state index in [1.54, 1.807) is 18.2 Å². The number of hydrogen-bond donors (Lipinski definition) is 2. The lowest BCUT2D eigenvalue weighted by atomic mass is 10.1. The molecule has 4 heteroatoms. The summed E-state index contributed by atoms with van der Waals surface area (Å²) in [6, 6.07) is 20.7. The number of para-hydroxylation sites is 1. The number of nitrogen functional groups attached to an aromatic ring is 1. The number of rotatable bonds is 2. The van der Waals surface area contributed by atoms with Gasteiger partial charge in [0.2, 0.25) is 0 Å². The maximum Gasteiger partial charge on any atom is 0.337 e. The van der Waals surface area contributed by atoms with E-state index >= 15 is 0 Å². The van der Waals surface area contributed by atoms with Crippen LogP contribution in [0.25, 0.3) is 11.1 Å². The topological polar surface area (TPSA) is 76.2 Å². The van der Waals surface area contributed by atoms with E-state index in [9.17, 15) is 4.79 Å². The van der Waals surface area contributed by atoms with Crippen molar-refractivity contribution in [2.45, 2.75) is 0 Å². The van der Waals surface area contributed by atoms with Crippen molar-refractivity contribution < 1.29 is 9.90 Å². The third-order valence-electron chi connectivity index (χ3n) is 2.98. The van der Waals surface area contributed by atoms with Crippen LogP contribution in [0.3, 0.4) is 0 Å². The smallest absolute Gasteiger partial charge is 0.337 e. The van der Waals surface area contributed by atoms with Crippen molar-refractivity contribution in [1.29, 1.82) is 0 Å². The first kappa shape index (κ1) is 15.3. The van der Waals surface area contributed by atoms with E-state index < -0.39 is 5.97 Å². The second-order valence-corrected chi connectivity index (χ2v) is 4.49. The zero-order valence-electron chi connectivity index (χ0n) is 11.9. The van der Waals surface area contributed by atoms with Crippen molar-refractivity contribution in [3.63, 3.8) is 0 Å². The third kappa shape index (κ3) is 4.18. The number of hydrogen-bond acceptors (Lipinski definition) is 3. The molecule has 22 heavy (non-hydrogen) atoms. The van der Waals surface area contributed by atoms with Crippen LogP contribution in [0.15, 0.2) is 79.1 Å². The van der Waals surface area contributed by atoms with Crippen molar-refractivity contribution in [2.75, 3.05) is 5.73 Å². The molecule has 110 valence electrons. The van der Waals surface area contributed by atoms with E-state index in [0.29, 0.717) is 5.69 Å². The molecule has 0 aliphatic rings. The molecule has 0 fully saturated rings. The first-order chi connectivity index (χ1) is 10.7. The van der Waals surface area contributed by atoms with Crippen molar-refractivity contribution >= 4 is 11.7 Å². The van der Waals surface area contributed by atoms with Crippen molar-refractivity contribution in [3.05, 3.63) is 84.7 Å². The monoisotopic (exact) mass is 292 g/mol. The molecule has 2 aromatic carbocycles. The minimum Gasteiger partial charge on any atom is -0.478 e. The van der Waals surface area contributed by atoms with E-state index in [1.165, 1.54) is 17.2 Å². The Kier molecular flexibility index (Phi) is 5.26. The number of carbonyl (C=O) groups is 1. The van der Waals surface area contributed by atoms with Crippen LogP contribution in [-0.4, -0.2) is 16.1 Å². The van der Waals surface area contributed by atoms with Crippen LogP contribution in [-0.2, 0) is 0 Å². The van der Waals surface area contributed by atoms with Gasteiger partial charge < -0.3 is 10.8 Å². The highest BCUT2D eigenvalue weighted by Crippen LogP contribution is 2.16. The first-order valence-corrected chi connectivity index (χ1v) is 6.71. The van der Waals surface area contributed by atoms with Gasteiger partial charge in [-0.05, 0) is 35.4 Å². The summed E-state index contributed by atoms with van der Waals surface area (Å²) in [5, 5.41) is 8.49. The molecule has 0 radical (unpaired) electrons. The van der Waals surface area contributed by atoms with Crippen LogP contribution in [0.2, 0.25) is 0 Å². The summed E-state index contributed by atoms with van der Waals surface area (Å²) in [6.07, 6.45) is 3.62. The van der Waals surface area contributed by atoms with E-state index in [0.717, 1.165) is 0 Å². The predicted molar refractivity (Wildman–Crippen MR) is 87.5 cm³/mol. The molecule has 0 saturated heterocycles. The SMILES string of the molecule is Nc1ccccc1C(=O)O.c1ccc(-c2ccncc2)cc1. The Hall–Kier alpha value is -3.14. The molecule has 1 aromatic heterocycles. The molecule has 4 nitrogen and oxygen atoms in total. The lowest BCUT2D eigenvalue weighted by molar-refractivity contribution is 0.0698. The van der Waals surface area contributed by atoms with Gasteiger partial charge >= 0.3 is 5.97 Å². The summed E-state index contributed by atoms with van der Waals surface area (Å²) in [5.74, 6) is -0.988. The number of aromatic carboxylic acids is 1. The number of benzene rings is 2. The van der Waals surface area contributed by atoms with Gasteiger partial charge in [-0.15, -0.1) is 0 Å². The average molecular weight is 292 g/mol. The normalized spacial score (nSPS) is 9.45. The molecule has 3 N–H and O–H groups in total. The minimum atomic E-state index is -0.988. The van der Waals surface area contributed by atoms with Crippen molar-refractivity contribution in [3.8, 4) is 11.1 Å². The highest BCUT2D eigenvalue weighted by atomic mass is 16.4. The Morgan fingerprint density at radius 1 is 0.818 bits per heavy atom. The molecule has 3 rings (SSSR count). The Morgan fingerprint density at radius 2 is 1.36 bits per heavy atom. The van der Waals surface area contributed by atoms with Gasteiger partial charge in [-0.2, -0.15) is 0 Å². The van der Waals surface area contributed by atoms with Gasteiger partial charge in [0.05, 0.1) is 5.56 Å². The van der Waals surface area contributed by atoms with Gasteiger partial charge in [0, 0.05) is 18.1 Å². The molecule has 0 aliphatic carbocycles. The predicted octanol–water partition coefficient (Wildman–Crippen LogP) is 3.72. The Morgan fingerprint density at radius 3 is 1.91 bits per heavy atom. The number of aromatic nitrogens is 1. The first-order valence-electron chi connectivity index (χ1n) is 6.71. The quantitative estimate of drug-likeness (QED) is 0.706. The van der Waals surface area contributed by atoms with Crippen LogP contribution >= 0.6 is 0 Å². The summed E-state index contributed by atoms with van der Waals surface area (Å²) >= 11 is 0. The summed E-state index contributed by atoms with van der Waals surface area (Å²) in [4.78, 5) is 14.3. The lowest BCUT2D eigenvalue weighted by Gasteiger charge is -1.98. The third-order valence-corrected chi connectivity index (χ3v) is 2.98. The van der Waals surface area contributed by atoms with Crippen LogP contribution in [0.5, 0.6) is 0 Å². The van der Waals surface area contributed by atoms with E-state index in [-0.39, 0.29) is 5.56 Å². The standard InChI is InChI=1S/C11H9N.C7H7NO2/c1-2-4-10(5-3-1)11-6-8-12-9-7-11;8-6-4-2-1-3-5(6)7(9)10/h1-9H;1-4H,8H2,(H,9,10). The fourth-order valence-corrected chi connectivity index (χ4v) is 1.87. The van der Waals surface area contributed by atoms with E-state index in [2.05, 4.69) is 17.1 Å². The number of nitrogens with two attached hydrogens (primary N) is 1. The van der Waals surface area contributed by atoms with Gasteiger partial charge in [0.15, 0.2) is 0 Å². The number of nitrogens with zero attached hydrogens (tertiary/aromatic N) is 1. The maximum absolute atomic E-state index is 10.3. The number of carboxylic acid groups (broad SMARTS) is 1. The summed E-state index contributed by atoms with van der Waals surface area (Å²) in [6.45, 7) is 0. The molecule has 0 spiro atoms. The van der Waals surface area contributed by atoms with Crippen LogP contribution in [0.4, 0.5) is 5.69 Å². The zero-order chi connectivity index (χ0) is 15.8. The van der Waals surface area contributed by atoms with Gasteiger partial charge in [0.1, 0.15) is 0 Å². The van der Waals surface area contributed by atoms with Crippen molar-refractivity contribution in [2.24, 2.45) is 0 Å². The molecule has 0 unspecified atom stereocenters. The molecule has 0 bridgehead atoms. The number of anilines is 1. The summed E-state index contributed by atoms with van der Waals surface area (Å²) < 4.78 is 0. The highest BCUT2D eigenvalue weighted by Gasteiger charge is 2.03. The van der Waals surface area contributed by atoms with E-state index in [1.807, 2.05) is 42.7 Å². The summed E-state index contributed by atoms with van der Waals surface area (Å²) in [7, 11) is 0. The molecule has 0 aliphatic heterocycles. The fourth-order valence-electron chi connectivity index (χ4n) is 1.87. The van der Waals surface area contributed by atoms with Gasteiger partial charge in [-0.25, -0.2) is 4.79 Å². The molecule has 1 heterocycles. The molecule has 3 aromatic rings. The molecule has 0 saturated carbocycles. The second-order valence-electron chi connectivity index (χ2n) is 4.49. The van der Waals surface area contributed by atoms with Crippen LogP contribution in [0.1, 0.15) is 10.4 Å². The maximum atomic E-state index is 10.3. The number of pyridine rings is 1. The van der Waals surface area contributed by atoms with E-state index in [4.69, 9.17) is 10.8 Å². The largest absolute Gasteiger partial charge is 0.478 e. The highest BCUT2D eigenvalue weighted by molar-refractivity contribution is 5.93. The Balaban J connectivity index is 0.000000164. The molecular formula is C18H16N2O2.